The van der Waals surface area contributed by atoms with Crippen molar-refractivity contribution >= 4 is 43.5 Å². The van der Waals surface area contributed by atoms with Crippen molar-refractivity contribution in [1.82, 2.24) is 8.87 Å². The van der Waals surface area contributed by atoms with Crippen molar-refractivity contribution in [3.05, 3.63) is 58.6 Å². The second-order valence-electron chi connectivity index (χ2n) is 7.21. The van der Waals surface area contributed by atoms with Gasteiger partial charge >= 0.3 is 5.97 Å². The van der Waals surface area contributed by atoms with Gasteiger partial charge in [-0.25, -0.2) is 12.8 Å². The molecule has 1 saturated heterocycles. The average molecular weight is 478 g/mol. The Kier molecular flexibility index (Phi) is 6.22. The van der Waals surface area contributed by atoms with Gasteiger partial charge in [0.05, 0.1) is 22.2 Å². The predicted octanol–water partition coefficient (Wildman–Crippen LogP) is 2.54. The first kappa shape index (κ1) is 22.3. The van der Waals surface area contributed by atoms with Crippen LogP contribution in [-0.4, -0.2) is 49.4 Å². The van der Waals surface area contributed by atoms with Crippen LogP contribution >= 0.6 is 11.3 Å². The molecule has 0 N–H and O–H groups in total. The number of aromatic nitrogens is 1. The Bertz CT molecular complexity index is 1350. The van der Waals surface area contributed by atoms with E-state index in [0.717, 1.165) is 24.2 Å². The summed E-state index contributed by atoms with van der Waals surface area (Å²) in [6.45, 7) is 0.789. The summed E-state index contributed by atoms with van der Waals surface area (Å²) < 4.78 is 47.1. The zero-order valence-electron chi connectivity index (χ0n) is 17.2. The zero-order valence-corrected chi connectivity index (χ0v) is 18.8. The van der Waals surface area contributed by atoms with E-state index in [1.807, 2.05) is 0 Å². The minimum atomic E-state index is -3.58. The molecule has 1 aliphatic rings. The maximum atomic E-state index is 13.6. The van der Waals surface area contributed by atoms with Crippen LogP contribution in [0.3, 0.4) is 0 Å². The molecule has 1 aromatic heterocycles. The molecule has 0 bridgehead atoms. The Balaban J connectivity index is 1.68. The summed E-state index contributed by atoms with van der Waals surface area (Å²) in [6, 6.07) is 9.66. The third-order valence-corrected chi connectivity index (χ3v) is 8.11. The van der Waals surface area contributed by atoms with Crippen LogP contribution in [-0.2, 0) is 26.1 Å². The second-order valence-corrected chi connectivity index (χ2v) is 10.2. The number of thiazole rings is 1. The number of carbonyl (C=O) groups is 2. The van der Waals surface area contributed by atoms with Crippen molar-refractivity contribution in [2.24, 2.45) is 4.99 Å². The Morgan fingerprint density at radius 1 is 1.12 bits per heavy atom. The SMILES string of the molecule is COC(=O)Cn1c(=NC(=O)c2ccc(S(=O)(=O)N3CCCC3)cc2)sc2cc(F)ccc21. The van der Waals surface area contributed by atoms with Crippen molar-refractivity contribution in [2.75, 3.05) is 20.2 Å². The minimum Gasteiger partial charge on any atom is -0.468 e. The molecule has 0 spiro atoms. The molecule has 2 heterocycles. The topological polar surface area (TPSA) is 98.0 Å². The van der Waals surface area contributed by atoms with Crippen LogP contribution in [0.4, 0.5) is 4.39 Å². The van der Waals surface area contributed by atoms with Gasteiger partial charge in [-0.05, 0) is 55.3 Å². The maximum absolute atomic E-state index is 13.6. The maximum Gasteiger partial charge on any atom is 0.325 e. The van der Waals surface area contributed by atoms with Crippen molar-refractivity contribution in [3.8, 4) is 0 Å². The number of methoxy groups -OCH3 is 1. The van der Waals surface area contributed by atoms with E-state index in [2.05, 4.69) is 4.99 Å². The van der Waals surface area contributed by atoms with Gasteiger partial charge in [-0.2, -0.15) is 9.30 Å². The summed E-state index contributed by atoms with van der Waals surface area (Å²) in [7, 11) is -2.34. The molecule has 0 unspecified atom stereocenters. The van der Waals surface area contributed by atoms with Gasteiger partial charge < -0.3 is 9.30 Å². The van der Waals surface area contributed by atoms with Crippen LogP contribution in [0.15, 0.2) is 52.4 Å². The van der Waals surface area contributed by atoms with Gasteiger partial charge in [-0.1, -0.05) is 11.3 Å². The Labute approximate surface area is 187 Å². The molecule has 1 amide bonds. The summed E-state index contributed by atoms with van der Waals surface area (Å²) >= 11 is 1.06. The molecule has 0 saturated carbocycles. The zero-order chi connectivity index (χ0) is 22.9. The number of ether oxygens (including phenoxy) is 1. The number of esters is 1. The second kappa shape index (κ2) is 8.93. The number of rotatable bonds is 5. The highest BCUT2D eigenvalue weighted by Crippen LogP contribution is 2.22. The van der Waals surface area contributed by atoms with Gasteiger partial charge in [-0.3, -0.25) is 9.59 Å². The third kappa shape index (κ3) is 4.36. The average Bonchev–Trinajstić information content (AvgIpc) is 3.43. The molecule has 2 aromatic carbocycles. The number of amides is 1. The first-order valence-electron chi connectivity index (χ1n) is 9.84. The van der Waals surface area contributed by atoms with Gasteiger partial charge in [0, 0.05) is 18.7 Å². The lowest BCUT2D eigenvalue weighted by atomic mass is 10.2. The monoisotopic (exact) mass is 477 g/mol. The van der Waals surface area contributed by atoms with Gasteiger partial charge in [0.1, 0.15) is 12.4 Å². The minimum absolute atomic E-state index is 0.119. The number of halogens is 1. The molecule has 0 radical (unpaired) electrons. The number of fused-ring (bicyclic) bond motifs is 1. The Morgan fingerprint density at radius 2 is 1.81 bits per heavy atom. The van der Waals surface area contributed by atoms with Gasteiger partial charge in [0.25, 0.3) is 5.91 Å². The number of carbonyl (C=O) groups excluding carboxylic acids is 2. The van der Waals surface area contributed by atoms with E-state index in [1.165, 1.54) is 58.4 Å². The molecular weight excluding hydrogens is 457 g/mol. The molecule has 0 atom stereocenters. The lowest BCUT2D eigenvalue weighted by molar-refractivity contribution is -0.141. The van der Waals surface area contributed by atoms with Gasteiger partial charge in [-0.15, -0.1) is 0 Å². The van der Waals surface area contributed by atoms with Crippen LogP contribution < -0.4 is 4.80 Å². The Morgan fingerprint density at radius 3 is 2.47 bits per heavy atom. The summed E-state index contributed by atoms with van der Waals surface area (Å²) in [4.78, 5) is 29.0. The van der Waals surface area contributed by atoms with E-state index in [9.17, 15) is 22.4 Å². The lowest BCUT2D eigenvalue weighted by Gasteiger charge is -2.15. The highest BCUT2D eigenvalue weighted by molar-refractivity contribution is 7.89. The summed E-state index contributed by atoms with van der Waals surface area (Å²) in [5.41, 5.74) is 0.735. The van der Waals surface area contributed by atoms with Crippen LogP contribution in [0.5, 0.6) is 0 Å². The normalized spacial score (nSPS) is 15.4. The smallest absolute Gasteiger partial charge is 0.325 e. The summed E-state index contributed by atoms with van der Waals surface area (Å²) in [5.74, 6) is -1.60. The number of nitrogens with zero attached hydrogens (tertiary/aromatic N) is 3. The van der Waals surface area contributed by atoms with E-state index in [4.69, 9.17) is 4.74 Å². The van der Waals surface area contributed by atoms with Crippen LogP contribution in [0.25, 0.3) is 10.2 Å². The molecule has 32 heavy (non-hydrogen) atoms. The predicted molar refractivity (Wildman–Crippen MR) is 116 cm³/mol. The van der Waals surface area contributed by atoms with Crippen LogP contribution in [0, 0.1) is 5.82 Å². The fourth-order valence-electron chi connectivity index (χ4n) is 3.48. The van der Waals surface area contributed by atoms with Crippen LogP contribution in [0.2, 0.25) is 0 Å². The number of hydrogen-bond donors (Lipinski definition) is 0. The largest absolute Gasteiger partial charge is 0.468 e. The lowest BCUT2D eigenvalue weighted by Crippen LogP contribution is -2.27. The Hall–Kier alpha value is -2.89. The number of hydrogen-bond acceptors (Lipinski definition) is 6. The van der Waals surface area contributed by atoms with E-state index >= 15 is 0 Å². The van der Waals surface area contributed by atoms with Crippen molar-refractivity contribution in [1.29, 1.82) is 0 Å². The fourth-order valence-corrected chi connectivity index (χ4v) is 6.05. The molecule has 0 aliphatic carbocycles. The number of sulfonamides is 1. The van der Waals surface area contributed by atoms with E-state index < -0.39 is 27.7 Å². The molecule has 1 aliphatic heterocycles. The van der Waals surface area contributed by atoms with Gasteiger partial charge in [0.2, 0.25) is 10.0 Å². The fraction of sp³-hybridized carbons (Fsp3) is 0.286. The molecule has 8 nitrogen and oxygen atoms in total. The summed E-state index contributed by atoms with van der Waals surface area (Å²) in [5, 5.41) is 0. The first-order valence-corrected chi connectivity index (χ1v) is 12.1. The van der Waals surface area contributed by atoms with E-state index in [1.54, 1.807) is 0 Å². The van der Waals surface area contributed by atoms with Crippen molar-refractivity contribution in [2.45, 2.75) is 24.3 Å². The molecule has 168 valence electrons. The highest BCUT2D eigenvalue weighted by atomic mass is 32.2. The third-order valence-electron chi connectivity index (χ3n) is 5.16. The molecule has 1 fully saturated rings. The van der Waals surface area contributed by atoms with Gasteiger partial charge in [0.15, 0.2) is 4.80 Å². The highest BCUT2D eigenvalue weighted by Gasteiger charge is 2.27. The molecule has 3 aromatic rings. The van der Waals surface area contributed by atoms with Crippen molar-refractivity contribution in [3.63, 3.8) is 0 Å². The standard InChI is InChI=1S/C21H20FN3O5S2/c1-30-19(26)13-25-17-9-6-15(22)12-18(17)31-21(25)23-20(27)14-4-7-16(8-5-14)32(28,29)24-10-2-3-11-24/h4-9,12H,2-3,10-11,13H2,1H3. The van der Waals surface area contributed by atoms with Crippen LogP contribution in [0.1, 0.15) is 23.2 Å². The quantitative estimate of drug-likeness (QED) is 0.526. The van der Waals surface area contributed by atoms with E-state index in [-0.39, 0.29) is 21.8 Å². The number of benzene rings is 2. The molecular formula is C21H20FN3O5S2. The first-order chi connectivity index (χ1) is 15.3. The molecule has 11 heteroatoms. The summed E-state index contributed by atoms with van der Waals surface area (Å²) in [6.07, 6.45) is 1.67. The molecule has 4 rings (SSSR count). The van der Waals surface area contributed by atoms with Crippen molar-refractivity contribution < 1.29 is 27.1 Å². The van der Waals surface area contributed by atoms with E-state index in [0.29, 0.717) is 23.3 Å².